The first-order valence-electron chi connectivity index (χ1n) is 9.84. The second kappa shape index (κ2) is 12.7. The molecule has 0 fully saturated rings. The number of carbonyl (C=O) groups is 1. The molecule has 0 aliphatic carbocycles. The predicted octanol–water partition coefficient (Wildman–Crippen LogP) is 6.34. The van der Waals surface area contributed by atoms with Crippen molar-refractivity contribution in [3.63, 3.8) is 0 Å². The van der Waals surface area contributed by atoms with Crippen molar-refractivity contribution in [3.05, 3.63) is 78.4 Å². The number of hydrogen-bond donors (Lipinski definition) is 0. The molecule has 0 saturated carbocycles. The number of hydrogen-bond acceptors (Lipinski definition) is 3. The van der Waals surface area contributed by atoms with Crippen LogP contribution in [-0.4, -0.2) is 12.6 Å². The van der Waals surface area contributed by atoms with Gasteiger partial charge in [-0.2, -0.15) is 0 Å². The van der Waals surface area contributed by atoms with Crippen molar-refractivity contribution in [1.29, 1.82) is 0 Å². The van der Waals surface area contributed by atoms with Crippen LogP contribution in [0, 0.1) is 0 Å². The summed E-state index contributed by atoms with van der Waals surface area (Å²) < 4.78 is 11.2. The SMILES string of the molecule is C=CCCCCCCCCOc1cccc(C(=O)OCc2ccccc2)c1. The molecule has 0 unspecified atom stereocenters. The Kier molecular flexibility index (Phi) is 9.80. The monoisotopic (exact) mass is 366 g/mol. The summed E-state index contributed by atoms with van der Waals surface area (Å²) in [5.41, 5.74) is 1.49. The minimum Gasteiger partial charge on any atom is -0.494 e. The summed E-state index contributed by atoms with van der Waals surface area (Å²) in [4.78, 5) is 12.2. The third-order valence-electron chi connectivity index (χ3n) is 4.35. The van der Waals surface area contributed by atoms with Gasteiger partial charge in [-0.3, -0.25) is 0 Å². The highest BCUT2D eigenvalue weighted by Gasteiger charge is 2.08. The van der Waals surface area contributed by atoms with E-state index in [1.807, 2.05) is 48.5 Å². The van der Waals surface area contributed by atoms with Gasteiger partial charge in [0.25, 0.3) is 0 Å². The number of ether oxygens (including phenoxy) is 2. The van der Waals surface area contributed by atoms with Crippen molar-refractivity contribution >= 4 is 5.97 Å². The van der Waals surface area contributed by atoms with Gasteiger partial charge < -0.3 is 9.47 Å². The summed E-state index contributed by atoms with van der Waals surface area (Å²) in [6.07, 6.45) is 10.3. The lowest BCUT2D eigenvalue weighted by Crippen LogP contribution is -2.06. The van der Waals surface area contributed by atoms with Crippen LogP contribution in [0.4, 0.5) is 0 Å². The maximum Gasteiger partial charge on any atom is 0.338 e. The standard InChI is InChI=1S/C24H30O3/c1-2-3-4-5-6-7-8-12-18-26-23-17-13-16-22(19-23)24(25)27-20-21-14-10-9-11-15-21/h2,9-11,13-17,19H,1,3-8,12,18,20H2. The number of carbonyl (C=O) groups excluding carboxylic acids is 1. The number of unbranched alkanes of at least 4 members (excludes halogenated alkanes) is 6. The summed E-state index contributed by atoms with van der Waals surface area (Å²) in [7, 11) is 0. The zero-order chi connectivity index (χ0) is 19.2. The van der Waals surface area contributed by atoms with Crippen LogP contribution in [0.25, 0.3) is 0 Å². The molecule has 27 heavy (non-hydrogen) atoms. The average molecular weight is 367 g/mol. The predicted molar refractivity (Wildman–Crippen MR) is 110 cm³/mol. The molecule has 0 aliphatic rings. The van der Waals surface area contributed by atoms with E-state index in [0.29, 0.717) is 12.2 Å². The van der Waals surface area contributed by atoms with E-state index in [0.717, 1.165) is 24.2 Å². The molecule has 0 aromatic heterocycles. The van der Waals surface area contributed by atoms with Crippen LogP contribution >= 0.6 is 0 Å². The molecule has 0 radical (unpaired) electrons. The van der Waals surface area contributed by atoms with E-state index in [1.54, 1.807) is 12.1 Å². The van der Waals surface area contributed by atoms with Crippen LogP contribution in [0.2, 0.25) is 0 Å². The molecule has 0 spiro atoms. The highest BCUT2D eigenvalue weighted by atomic mass is 16.5. The molecule has 3 nitrogen and oxygen atoms in total. The molecular weight excluding hydrogens is 336 g/mol. The summed E-state index contributed by atoms with van der Waals surface area (Å²) in [6, 6.07) is 16.9. The van der Waals surface area contributed by atoms with Crippen molar-refractivity contribution in [2.75, 3.05) is 6.61 Å². The van der Waals surface area contributed by atoms with Gasteiger partial charge in [0.05, 0.1) is 12.2 Å². The molecule has 144 valence electrons. The Morgan fingerprint density at radius 3 is 2.41 bits per heavy atom. The molecule has 0 saturated heterocycles. The molecule has 0 aliphatic heterocycles. The Morgan fingerprint density at radius 2 is 1.63 bits per heavy atom. The van der Waals surface area contributed by atoms with Crippen LogP contribution < -0.4 is 4.74 Å². The van der Waals surface area contributed by atoms with E-state index >= 15 is 0 Å². The minimum absolute atomic E-state index is 0.275. The van der Waals surface area contributed by atoms with Crippen LogP contribution in [0.3, 0.4) is 0 Å². The third-order valence-corrected chi connectivity index (χ3v) is 4.35. The average Bonchev–Trinajstić information content (AvgIpc) is 2.72. The maximum atomic E-state index is 12.2. The van der Waals surface area contributed by atoms with Crippen molar-refractivity contribution in [3.8, 4) is 5.75 Å². The quantitative estimate of drug-likeness (QED) is 0.236. The van der Waals surface area contributed by atoms with Gasteiger partial charge in [0.2, 0.25) is 0 Å². The maximum absolute atomic E-state index is 12.2. The molecule has 0 heterocycles. The Bertz CT molecular complexity index is 679. The zero-order valence-corrected chi connectivity index (χ0v) is 16.1. The third kappa shape index (κ3) is 8.59. The van der Waals surface area contributed by atoms with Gasteiger partial charge in [-0.1, -0.05) is 68.2 Å². The Morgan fingerprint density at radius 1 is 0.889 bits per heavy atom. The van der Waals surface area contributed by atoms with Gasteiger partial charge in [0.15, 0.2) is 0 Å². The van der Waals surface area contributed by atoms with E-state index in [2.05, 4.69) is 6.58 Å². The van der Waals surface area contributed by atoms with Gasteiger partial charge in [-0.15, -0.1) is 6.58 Å². The molecule has 0 N–H and O–H groups in total. The Labute approximate surface area is 163 Å². The highest BCUT2D eigenvalue weighted by molar-refractivity contribution is 5.89. The first kappa shape index (κ1) is 20.8. The lowest BCUT2D eigenvalue weighted by Gasteiger charge is -2.09. The zero-order valence-electron chi connectivity index (χ0n) is 16.1. The minimum atomic E-state index is -0.330. The van der Waals surface area contributed by atoms with E-state index in [-0.39, 0.29) is 12.6 Å². The fourth-order valence-corrected chi connectivity index (χ4v) is 2.81. The lowest BCUT2D eigenvalue weighted by atomic mass is 10.1. The number of rotatable bonds is 13. The van der Waals surface area contributed by atoms with Gasteiger partial charge in [0.1, 0.15) is 12.4 Å². The van der Waals surface area contributed by atoms with Crippen molar-refractivity contribution < 1.29 is 14.3 Å². The normalized spacial score (nSPS) is 10.4. The topological polar surface area (TPSA) is 35.5 Å². The van der Waals surface area contributed by atoms with Crippen molar-refractivity contribution in [2.45, 2.75) is 51.6 Å². The number of benzene rings is 2. The molecular formula is C24H30O3. The first-order chi connectivity index (χ1) is 13.3. The second-order valence-electron chi connectivity index (χ2n) is 6.64. The molecule has 3 heteroatoms. The second-order valence-corrected chi connectivity index (χ2v) is 6.64. The Hall–Kier alpha value is -2.55. The van der Waals surface area contributed by atoms with Crippen LogP contribution in [0.15, 0.2) is 67.3 Å². The lowest BCUT2D eigenvalue weighted by molar-refractivity contribution is 0.0472. The molecule has 2 rings (SSSR count). The largest absolute Gasteiger partial charge is 0.494 e. The van der Waals surface area contributed by atoms with E-state index in [1.165, 1.54) is 32.1 Å². The van der Waals surface area contributed by atoms with Crippen molar-refractivity contribution in [2.24, 2.45) is 0 Å². The molecule has 0 amide bonds. The van der Waals surface area contributed by atoms with Crippen LogP contribution in [0.1, 0.15) is 60.9 Å². The molecule has 2 aromatic rings. The number of esters is 1. The highest BCUT2D eigenvalue weighted by Crippen LogP contribution is 2.16. The van der Waals surface area contributed by atoms with Crippen LogP contribution in [-0.2, 0) is 11.3 Å². The van der Waals surface area contributed by atoms with Crippen LogP contribution in [0.5, 0.6) is 5.75 Å². The van der Waals surface area contributed by atoms with Gasteiger partial charge in [-0.25, -0.2) is 4.79 Å². The smallest absolute Gasteiger partial charge is 0.338 e. The molecule has 0 atom stereocenters. The van der Waals surface area contributed by atoms with E-state index in [9.17, 15) is 4.79 Å². The number of allylic oxidation sites excluding steroid dienone is 1. The Balaban J connectivity index is 1.65. The van der Waals surface area contributed by atoms with Crippen molar-refractivity contribution in [1.82, 2.24) is 0 Å². The van der Waals surface area contributed by atoms with E-state index < -0.39 is 0 Å². The fourth-order valence-electron chi connectivity index (χ4n) is 2.81. The summed E-state index contributed by atoms with van der Waals surface area (Å²) >= 11 is 0. The van der Waals surface area contributed by atoms with Gasteiger partial charge in [0, 0.05) is 0 Å². The molecule has 2 aromatic carbocycles. The van der Waals surface area contributed by atoms with Gasteiger partial charge in [-0.05, 0) is 43.0 Å². The van der Waals surface area contributed by atoms with Gasteiger partial charge >= 0.3 is 5.97 Å². The molecule has 0 bridgehead atoms. The summed E-state index contributed by atoms with van der Waals surface area (Å²) in [5.74, 6) is 0.388. The first-order valence-corrected chi connectivity index (χ1v) is 9.84. The fraction of sp³-hybridized carbons (Fsp3) is 0.375. The summed E-state index contributed by atoms with van der Waals surface area (Å²) in [5, 5.41) is 0. The summed E-state index contributed by atoms with van der Waals surface area (Å²) in [6.45, 7) is 4.69. The van der Waals surface area contributed by atoms with E-state index in [4.69, 9.17) is 9.47 Å².